The van der Waals surface area contributed by atoms with Gasteiger partial charge in [0, 0.05) is 35.1 Å². The van der Waals surface area contributed by atoms with Gasteiger partial charge < -0.3 is 16.4 Å². The van der Waals surface area contributed by atoms with Gasteiger partial charge in [-0.3, -0.25) is 0 Å². The summed E-state index contributed by atoms with van der Waals surface area (Å²) in [6.07, 6.45) is 9.62. The summed E-state index contributed by atoms with van der Waals surface area (Å²) >= 11 is 1.81. The number of allylic oxidation sites excluding steroid dienone is 4. The van der Waals surface area contributed by atoms with Crippen LogP contribution in [0.15, 0.2) is 151 Å². The first-order chi connectivity index (χ1) is 20.0. The maximum absolute atomic E-state index is 6.35. The van der Waals surface area contributed by atoms with E-state index in [0.717, 1.165) is 52.4 Å². The topological polar surface area (TPSA) is 50.1 Å². The Morgan fingerprint density at radius 3 is 2.37 bits per heavy atom. The third-order valence-corrected chi connectivity index (χ3v) is 7.84. The summed E-state index contributed by atoms with van der Waals surface area (Å²) in [5, 5.41) is 6.78. The number of rotatable bonds is 14. The predicted octanol–water partition coefficient (Wildman–Crippen LogP) is 9.66. The molecule has 4 heteroatoms. The summed E-state index contributed by atoms with van der Waals surface area (Å²) < 4.78 is 0. The zero-order valence-corrected chi connectivity index (χ0v) is 24.5. The van der Waals surface area contributed by atoms with Gasteiger partial charge in [0.2, 0.25) is 0 Å². The van der Waals surface area contributed by atoms with Crippen LogP contribution in [0.4, 0.5) is 11.4 Å². The van der Waals surface area contributed by atoms with Crippen LogP contribution in [0.2, 0.25) is 0 Å². The van der Waals surface area contributed by atoms with Gasteiger partial charge in [0.05, 0.1) is 0 Å². The van der Waals surface area contributed by atoms with E-state index in [4.69, 9.17) is 5.73 Å². The molecule has 0 aliphatic rings. The van der Waals surface area contributed by atoms with Gasteiger partial charge in [-0.05, 0) is 88.9 Å². The number of nitrogens with two attached hydrogens (primary N) is 1. The van der Waals surface area contributed by atoms with Crippen LogP contribution in [-0.2, 0) is 12.2 Å². The molecule has 1 atom stereocenters. The molecule has 0 bridgehead atoms. The fraction of sp³-hybridized carbons (Fsp3) is 0.135. The summed E-state index contributed by atoms with van der Waals surface area (Å²) in [6, 6.07) is 35.8. The molecule has 4 aromatic rings. The van der Waals surface area contributed by atoms with Gasteiger partial charge in [0.15, 0.2) is 0 Å². The highest BCUT2D eigenvalue weighted by Crippen LogP contribution is 2.29. The average Bonchev–Trinajstić information content (AvgIpc) is 3.00. The van der Waals surface area contributed by atoms with E-state index >= 15 is 0 Å². The second-order valence-corrected chi connectivity index (χ2v) is 11.1. The second-order valence-electron chi connectivity index (χ2n) is 9.97. The van der Waals surface area contributed by atoms with Gasteiger partial charge in [0.25, 0.3) is 0 Å². The van der Waals surface area contributed by atoms with Gasteiger partial charge in [-0.2, -0.15) is 0 Å². The van der Waals surface area contributed by atoms with E-state index in [0.29, 0.717) is 0 Å². The van der Waals surface area contributed by atoms with Crippen molar-refractivity contribution in [3.05, 3.63) is 168 Å². The summed E-state index contributed by atoms with van der Waals surface area (Å²) in [6.45, 7) is 10.5. The van der Waals surface area contributed by atoms with E-state index in [1.165, 1.54) is 16.0 Å². The Labute approximate surface area is 249 Å². The smallest absolute Gasteiger partial charge is 0.0485 e. The molecule has 4 N–H and O–H groups in total. The minimum atomic E-state index is 0.199. The average molecular weight is 558 g/mol. The van der Waals surface area contributed by atoms with Crippen molar-refractivity contribution >= 4 is 23.1 Å². The molecule has 0 amide bonds. The number of benzene rings is 4. The molecule has 0 saturated heterocycles. The molecule has 0 aliphatic carbocycles. The minimum absolute atomic E-state index is 0.199. The standard InChI is InChI=1S/C37H39N3S/c1-28(40-30(3)32-16-8-5-9-17-32)13-10-11-24-39-36-19-12-18-33(26-36)34-22-23-37(38)35(25-34)21-20-29(2)41-27-31-14-6-4-7-15-31/h4-19,22-26,30,39-40H,1-2,20-21,27,38H2,3H3/b13-10-,24-11-. The molecule has 4 aromatic carbocycles. The highest BCUT2D eigenvalue weighted by Gasteiger charge is 2.07. The molecule has 3 nitrogen and oxygen atoms in total. The lowest BCUT2D eigenvalue weighted by molar-refractivity contribution is 0.667. The number of nitrogens with one attached hydrogen (secondary N) is 2. The van der Waals surface area contributed by atoms with E-state index in [1.54, 1.807) is 0 Å². The van der Waals surface area contributed by atoms with Crippen molar-refractivity contribution in [3.63, 3.8) is 0 Å². The normalized spacial score (nSPS) is 11.9. The van der Waals surface area contributed by atoms with Crippen molar-refractivity contribution in [3.8, 4) is 11.1 Å². The first-order valence-electron chi connectivity index (χ1n) is 13.9. The number of hydrogen-bond acceptors (Lipinski definition) is 4. The van der Waals surface area contributed by atoms with Crippen LogP contribution >= 0.6 is 11.8 Å². The Morgan fingerprint density at radius 1 is 0.854 bits per heavy atom. The van der Waals surface area contributed by atoms with Crippen LogP contribution < -0.4 is 16.4 Å². The lowest BCUT2D eigenvalue weighted by Crippen LogP contribution is -2.15. The quantitative estimate of drug-likeness (QED) is 0.107. The molecule has 0 spiro atoms. The van der Waals surface area contributed by atoms with E-state index in [1.807, 2.05) is 66.5 Å². The summed E-state index contributed by atoms with van der Waals surface area (Å²) in [7, 11) is 0. The molecule has 0 aliphatic heterocycles. The molecule has 0 saturated carbocycles. The van der Waals surface area contributed by atoms with Crippen molar-refractivity contribution in [2.24, 2.45) is 0 Å². The molecule has 0 fully saturated rings. The largest absolute Gasteiger partial charge is 0.399 e. The van der Waals surface area contributed by atoms with Crippen LogP contribution in [0, 0.1) is 0 Å². The van der Waals surface area contributed by atoms with Gasteiger partial charge in [0.1, 0.15) is 0 Å². The maximum Gasteiger partial charge on any atom is 0.0485 e. The molecule has 0 heterocycles. The Balaban J connectivity index is 1.28. The molecule has 4 rings (SSSR count). The molecule has 41 heavy (non-hydrogen) atoms. The minimum Gasteiger partial charge on any atom is -0.399 e. The number of thioether (sulfide) groups is 1. The number of hydrogen-bond donors (Lipinski definition) is 3. The van der Waals surface area contributed by atoms with Crippen molar-refractivity contribution in [2.75, 3.05) is 11.1 Å². The van der Waals surface area contributed by atoms with Crippen molar-refractivity contribution in [1.82, 2.24) is 5.32 Å². The molecular formula is C37H39N3S. The third kappa shape index (κ3) is 9.63. The summed E-state index contributed by atoms with van der Waals surface area (Å²) in [4.78, 5) is 1.18. The van der Waals surface area contributed by atoms with E-state index < -0.39 is 0 Å². The van der Waals surface area contributed by atoms with Gasteiger partial charge >= 0.3 is 0 Å². The number of anilines is 2. The van der Waals surface area contributed by atoms with Gasteiger partial charge in [-0.15, -0.1) is 11.8 Å². The molecule has 0 radical (unpaired) electrons. The zero-order chi connectivity index (χ0) is 28.9. The lowest BCUT2D eigenvalue weighted by Gasteiger charge is -2.15. The van der Waals surface area contributed by atoms with Gasteiger partial charge in [-0.1, -0.05) is 98.1 Å². The first-order valence-corrected chi connectivity index (χ1v) is 14.9. The van der Waals surface area contributed by atoms with Crippen molar-refractivity contribution in [2.45, 2.75) is 31.6 Å². The fourth-order valence-electron chi connectivity index (χ4n) is 4.42. The van der Waals surface area contributed by atoms with Gasteiger partial charge in [-0.25, -0.2) is 0 Å². The molecule has 208 valence electrons. The Morgan fingerprint density at radius 2 is 1.59 bits per heavy atom. The first kappa shape index (κ1) is 29.6. The SMILES string of the molecule is C=C(/C=C\C=C/Nc1cccc(-c2ccc(N)c(CCC(=C)SCc3ccccc3)c2)c1)NC(C)c1ccccc1. The number of nitrogen functional groups attached to an aromatic ring is 1. The summed E-state index contributed by atoms with van der Waals surface area (Å²) in [5.41, 5.74) is 15.1. The number of aryl methyl sites for hydroxylation is 1. The van der Waals surface area contributed by atoms with Crippen LogP contribution in [0.3, 0.4) is 0 Å². The Hall–Kier alpha value is -4.41. The van der Waals surface area contributed by atoms with Crippen LogP contribution in [-0.4, -0.2) is 0 Å². The van der Waals surface area contributed by atoms with Crippen LogP contribution in [0.25, 0.3) is 11.1 Å². The monoisotopic (exact) mass is 557 g/mol. The Bertz CT molecular complexity index is 1490. The third-order valence-electron chi connectivity index (χ3n) is 6.75. The second kappa shape index (κ2) is 15.4. The molecular weight excluding hydrogens is 518 g/mol. The maximum atomic E-state index is 6.35. The molecule has 0 aromatic heterocycles. The van der Waals surface area contributed by atoms with Crippen molar-refractivity contribution in [1.29, 1.82) is 0 Å². The van der Waals surface area contributed by atoms with Crippen molar-refractivity contribution < 1.29 is 0 Å². The fourth-order valence-corrected chi connectivity index (χ4v) is 5.23. The van der Waals surface area contributed by atoms with Crippen LogP contribution in [0.5, 0.6) is 0 Å². The molecule has 1 unspecified atom stereocenters. The van der Waals surface area contributed by atoms with E-state index in [2.05, 4.69) is 104 Å². The van der Waals surface area contributed by atoms with Crippen LogP contribution in [0.1, 0.15) is 36.1 Å². The highest BCUT2D eigenvalue weighted by atomic mass is 32.2. The predicted molar refractivity (Wildman–Crippen MR) is 181 cm³/mol. The Kier molecular flexibility index (Phi) is 11.1. The lowest BCUT2D eigenvalue weighted by atomic mass is 9.99. The zero-order valence-electron chi connectivity index (χ0n) is 23.7. The summed E-state index contributed by atoms with van der Waals surface area (Å²) in [5.74, 6) is 0.943. The van der Waals surface area contributed by atoms with E-state index in [9.17, 15) is 0 Å². The van der Waals surface area contributed by atoms with E-state index in [-0.39, 0.29) is 6.04 Å². The highest BCUT2D eigenvalue weighted by molar-refractivity contribution is 8.02.